The quantitative estimate of drug-likeness (QED) is 0.737. The highest BCUT2D eigenvalue weighted by atomic mass is 79.9. The SMILES string of the molecule is Cc1nc(-c2cc(Br)cs2)nc(Cl)c1C. The molecule has 0 fully saturated rings. The molecule has 0 spiro atoms. The molecule has 2 heterocycles. The van der Waals surface area contributed by atoms with Crippen LogP contribution in [0.4, 0.5) is 0 Å². The lowest BCUT2D eigenvalue weighted by atomic mass is 10.3. The van der Waals surface area contributed by atoms with Crippen LogP contribution in [0.25, 0.3) is 10.7 Å². The summed E-state index contributed by atoms with van der Waals surface area (Å²) < 4.78 is 1.04. The van der Waals surface area contributed by atoms with E-state index in [0.29, 0.717) is 11.0 Å². The van der Waals surface area contributed by atoms with Crippen molar-refractivity contribution in [3.8, 4) is 10.7 Å². The van der Waals surface area contributed by atoms with Crippen LogP contribution in [-0.4, -0.2) is 9.97 Å². The summed E-state index contributed by atoms with van der Waals surface area (Å²) >= 11 is 11.0. The van der Waals surface area contributed by atoms with Crippen LogP contribution in [0.2, 0.25) is 5.15 Å². The van der Waals surface area contributed by atoms with Crippen molar-refractivity contribution in [2.45, 2.75) is 13.8 Å². The zero-order valence-corrected chi connectivity index (χ0v) is 11.4. The zero-order valence-electron chi connectivity index (χ0n) is 8.21. The summed E-state index contributed by atoms with van der Waals surface area (Å²) in [5, 5.41) is 2.53. The van der Waals surface area contributed by atoms with Crippen LogP contribution in [-0.2, 0) is 0 Å². The monoisotopic (exact) mass is 302 g/mol. The van der Waals surface area contributed by atoms with Gasteiger partial charge in [-0.2, -0.15) is 0 Å². The first-order valence-corrected chi connectivity index (χ1v) is 6.38. The lowest BCUT2D eigenvalue weighted by Gasteiger charge is -2.03. The van der Waals surface area contributed by atoms with E-state index in [1.165, 1.54) is 0 Å². The molecule has 0 saturated heterocycles. The fraction of sp³-hybridized carbons (Fsp3) is 0.200. The summed E-state index contributed by atoms with van der Waals surface area (Å²) in [7, 11) is 0. The Morgan fingerprint density at radius 3 is 2.60 bits per heavy atom. The highest BCUT2D eigenvalue weighted by Gasteiger charge is 2.09. The third kappa shape index (κ3) is 2.22. The van der Waals surface area contributed by atoms with Gasteiger partial charge in [-0.15, -0.1) is 11.3 Å². The van der Waals surface area contributed by atoms with Crippen LogP contribution in [0.1, 0.15) is 11.3 Å². The van der Waals surface area contributed by atoms with Crippen LogP contribution >= 0.6 is 38.9 Å². The lowest BCUT2D eigenvalue weighted by molar-refractivity contribution is 1.08. The normalized spacial score (nSPS) is 10.7. The summed E-state index contributed by atoms with van der Waals surface area (Å²) in [5.74, 6) is 0.693. The first kappa shape index (κ1) is 11.0. The van der Waals surface area contributed by atoms with E-state index >= 15 is 0 Å². The van der Waals surface area contributed by atoms with E-state index in [9.17, 15) is 0 Å². The first-order valence-electron chi connectivity index (χ1n) is 4.33. The van der Waals surface area contributed by atoms with Crippen molar-refractivity contribution in [1.29, 1.82) is 0 Å². The predicted octanol–water partition coefficient (Wildman–Crippen LogP) is 4.24. The molecule has 0 N–H and O–H groups in total. The molecule has 0 radical (unpaired) electrons. The Morgan fingerprint density at radius 1 is 1.33 bits per heavy atom. The topological polar surface area (TPSA) is 25.8 Å². The van der Waals surface area contributed by atoms with Crippen LogP contribution in [0.5, 0.6) is 0 Å². The molecule has 5 heteroatoms. The number of aromatic nitrogens is 2. The van der Waals surface area contributed by atoms with Gasteiger partial charge in [-0.1, -0.05) is 11.6 Å². The summed E-state index contributed by atoms with van der Waals surface area (Å²) in [6.07, 6.45) is 0. The highest BCUT2D eigenvalue weighted by Crippen LogP contribution is 2.29. The fourth-order valence-electron chi connectivity index (χ4n) is 1.13. The number of hydrogen-bond donors (Lipinski definition) is 0. The Balaban J connectivity index is 2.55. The van der Waals surface area contributed by atoms with Gasteiger partial charge in [0.2, 0.25) is 0 Å². The molecule has 0 aliphatic carbocycles. The molecule has 15 heavy (non-hydrogen) atoms. The van der Waals surface area contributed by atoms with Crippen LogP contribution in [0.3, 0.4) is 0 Å². The Morgan fingerprint density at radius 2 is 2.07 bits per heavy atom. The summed E-state index contributed by atoms with van der Waals surface area (Å²) in [6, 6.07) is 1.99. The predicted molar refractivity (Wildman–Crippen MR) is 67.5 cm³/mol. The number of thiophene rings is 1. The zero-order chi connectivity index (χ0) is 11.0. The molecule has 2 aromatic heterocycles. The second kappa shape index (κ2) is 4.20. The third-order valence-corrected chi connectivity index (χ3v) is 4.17. The Labute approximate surface area is 105 Å². The molecule has 2 aromatic rings. The average molecular weight is 304 g/mol. The largest absolute Gasteiger partial charge is 0.232 e. The standard InChI is InChI=1S/C10H8BrClN2S/c1-5-6(2)13-10(14-9(5)12)8-3-7(11)4-15-8/h3-4H,1-2H3. The number of hydrogen-bond acceptors (Lipinski definition) is 3. The van der Waals surface area contributed by atoms with Crippen LogP contribution < -0.4 is 0 Å². The van der Waals surface area contributed by atoms with E-state index in [4.69, 9.17) is 11.6 Å². The van der Waals surface area contributed by atoms with Gasteiger partial charge in [-0.05, 0) is 35.8 Å². The van der Waals surface area contributed by atoms with Crippen LogP contribution in [0, 0.1) is 13.8 Å². The van der Waals surface area contributed by atoms with Gasteiger partial charge in [0.15, 0.2) is 5.82 Å². The average Bonchev–Trinajstić information content (AvgIpc) is 2.60. The maximum Gasteiger partial charge on any atom is 0.171 e. The summed E-state index contributed by atoms with van der Waals surface area (Å²) in [6.45, 7) is 3.86. The minimum absolute atomic E-state index is 0.530. The van der Waals surface area contributed by atoms with Gasteiger partial charge in [-0.25, -0.2) is 9.97 Å². The molecular weight excluding hydrogens is 296 g/mol. The Hall–Kier alpha value is -0.450. The smallest absolute Gasteiger partial charge is 0.171 e. The molecule has 2 rings (SSSR count). The molecule has 0 aliphatic rings. The van der Waals surface area contributed by atoms with E-state index in [-0.39, 0.29) is 0 Å². The molecule has 0 amide bonds. The van der Waals surface area contributed by atoms with E-state index < -0.39 is 0 Å². The van der Waals surface area contributed by atoms with Crippen molar-refractivity contribution in [2.24, 2.45) is 0 Å². The van der Waals surface area contributed by atoms with Crippen molar-refractivity contribution in [3.63, 3.8) is 0 Å². The highest BCUT2D eigenvalue weighted by molar-refractivity contribution is 9.10. The summed E-state index contributed by atoms with van der Waals surface area (Å²) in [4.78, 5) is 9.69. The minimum atomic E-state index is 0.530. The number of halogens is 2. The van der Waals surface area contributed by atoms with E-state index in [0.717, 1.165) is 20.6 Å². The van der Waals surface area contributed by atoms with Gasteiger partial charge in [0.05, 0.1) is 4.88 Å². The fourth-order valence-corrected chi connectivity index (χ4v) is 2.71. The van der Waals surface area contributed by atoms with Crippen molar-refractivity contribution in [2.75, 3.05) is 0 Å². The van der Waals surface area contributed by atoms with Crippen molar-refractivity contribution in [1.82, 2.24) is 9.97 Å². The second-order valence-corrected chi connectivity index (χ2v) is 5.36. The maximum absolute atomic E-state index is 6.02. The van der Waals surface area contributed by atoms with Crippen molar-refractivity contribution >= 4 is 38.9 Å². The van der Waals surface area contributed by atoms with Gasteiger partial charge in [-0.3, -0.25) is 0 Å². The molecule has 78 valence electrons. The number of aryl methyl sites for hydroxylation is 1. The number of nitrogens with zero attached hydrogens (tertiary/aromatic N) is 2. The van der Waals surface area contributed by atoms with Gasteiger partial charge in [0.25, 0.3) is 0 Å². The third-order valence-electron chi connectivity index (χ3n) is 2.12. The first-order chi connectivity index (χ1) is 7.08. The van der Waals surface area contributed by atoms with Gasteiger partial charge >= 0.3 is 0 Å². The van der Waals surface area contributed by atoms with E-state index in [1.54, 1.807) is 11.3 Å². The molecule has 0 saturated carbocycles. The van der Waals surface area contributed by atoms with E-state index in [2.05, 4.69) is 25.9 Å². The maximum atomic E-state index is 6.02. The second-order valence-electron chi connectivity index (χ2n) is 3.18. The molecule has 0 atom stereocenters. The molecule has 0 bridgehead atoms. The summed E-state index contributed by atoms with van der Waals surface area (Å²) in [5.41, 5.74) is 1.87. The number of rotatable bonds is 1. The van der Waals surface area contributed by atoms with Crippen molar-refractivity contribution < 1.29 is 0 Å². The Bertz CT molecular complexity index is 487. The van der Waals surface area contributed by atoms with E-state index in [1.807, 2.05) is 25.3 Å². The molecule has 0 unspecified atom stereocenters. The molecule has 0 aromatic carbocycles. The molecule has 2 nitrogen and oxygen atoms in total. The molecule has 0 aliphatic heterocycles. The van der Waals surface area contributed by atoms with Gasteiger partial charge in [0.1, 0.15) is 5.15 Å². The van der Waals surface area contributed by atoms with Crippen LogP contribution in [0.15, 0.2) is 15.9 Å². The van der Waals surface area contributed by atoms with Crippen molar-refractivity contribution in [3.05, 3.63) is 32.3 Å². The van der Waals surface area contributed by atoms with Gasteiger partial charge < -0.3 is 0 Å². The van der Waals surface area contributed by atoms with Gasteiger partial charge in [0, 0.05) is 21.1 Å². The lowest BCUT2D eigenvalue weighted by Crippen LogP contribution is -1.95. The Kier molecular flexibility index (Phi) is 3.09. The minimum Gasteiger partial charge on any atom is -0.232 e. The molecular formula is C10H8BrClN2S.